The quantitative estimate of drug-likeness (QED) is 0.799. The molecule has 1 aromatic rings. The molecule has 0 saturated heterocycles. The predicted octanol–water partition coefficient (Wildman–Crippen LogP) is 1.08. The van der Waals surface area contributed by atoms with Gasteiger partial charge in [0.2, 0.25) is 0 Å². The fourth-order valence-electron chi connectivity index (χ4n) is 1.71. The van der Waals surface area contributed by atoms with Crippen LogP contribution in [0.3, 0.4) is 0 Å². The van der Waals surface area contributed by atoms with Crippen LogP contribution in [0.15, 0.2) is 0 Å². The highest BCUT2D eigenvalue weighted by molar-refractivity contribution is 5.79. The molecular formula is C12H21N3O2. The Hall–Kier alpha value is -1.36. The van der Waals surface area contributed by atoms with E-state index >= 15 is 0 Å². The van der Waals surface area contributed by atoms with E-state index in [2.05, 4.69) is 10.4 Å². The van der Waals surface area contributed by atoms with Crippen LogP contribution in [0, 0.1) is 13.8 Å². The summed E-state index contributed by atoms with van der Waals surface area (Å²) in [6.07, 6.45) is 0. The molecule has 0 amide bonds. The molecule has 0 bridgehead atoms. The molecule has 0 fully saturated rings. The Bertz CT molecular complexity index is 422. The molecule has 0 aliphatic heterocycles. The van der Waals surface area contributed by atoms with Gasteiger partial charge in [0.25, 0.3) is 0 Å². The second-order valence-corrected chi connectivity index (χ2v) is 4.74. The zero-order chi connectivity index (χ0) is 13.2. The molecule has 5 heteroatoms. The fraction of sp³-hybridized carbons (Fsp3) is 0.667. The van der Waals surface area contributed by atoms with Gasteiger partial charge in [-0.25, -0.2) is 0 Å². The third kappa shape index (κ3) is 2.85. The van der Waals surface area contributed by atoms with Crippen molar-refractivity contribution >= 4 is 5.97 Å². The van der Waals surface area contributed by atoms with E-state index in [0.717, 1.165) is 17.0 Å². The number of esters is 1. The molecule has 0 saturated carbocycles. The lowest BCUT2D eigenvalue weighted by Crippen LogP contribution is -2.47. The number of carbonyl (C=O) groups is 1. The van der Waals surface area contributed by atoms with Crippen LogP contribution in [0.25, 0.3) is 0 Å². The summed E-state index contributed by atoms with van der Waals surface area (Å²) in [7, 11) is 3.31. The number of aryl methyl sites for hydroxylation is 2. The van der Waals surface area contributed by atoms with E-state index in [1.807, 2.05) is 25.6 Å². The number of aromatic nitrogens is 2. The van der Waals surface area contributed by atoms with Gasteiger partial charge in [-0.05, 0) is 27.7 Å². The first kappa shape index (κ1) is 13.7. The SMILES string of the molecule is COC(=O)C(C)(C)NCc1c(C)nn(C)c1C. The Kier molecular flexibility index (Phi) is 3.93. The number of hydrogen-bond donors (Lipinski definition) is 1. The molecule has 0 unspecified atom stereocenters. The number of nitrogens with one attached hydrogen (secondary N) is 1. The largest absolute Gasteiger partial charge is 0.468 e. The van der Waals surface area contributed by atoms with Crippen molar-refractivity contribution in [1.29, 1.82) is 0 Å². The Morgan fingerprint density at radius 1 is 1.47 bits per heavy atom. The summed E-state index contributed by atoms with van der Waals surface area (Å²) >= 11 is 0. The first-order valence-corrected chi connectivity index (χ1v) is 5.62. The monoisotopic (exact) mass is 239 g/mol. The summed E-state index contributed by atoms with van der Waals surface area (Å²) in [5, 5.41) is 7.53. The number of rotatable bonds is 4. The van der Waals surface area contributed by atoms with Gasteiger partial charge in [0, 0.05) is 24.8 Å². The van der Waals surface area contributed by atoms with Gasteiger partial charge in [0.1, 0.15) is 5.54 Å². The lowest BCUT2D eigenvalue weighted by atomic mass is 10.1. The second kappa shape index (κ2) is 4.87. The normalized spacial score (nSPS) is 11.6. The molecule has 96 valence electrons. The minimum Gasteiger partial charge on any atom is -0.468 e. The Labute approximate surface area is 102 Å². The third-order valence-electron chi connectivity index (χ3n) is 3.06. The first-order valence-electron chi connectivity index (χ1n) is 5.62. The van der Waals surface area contributed by atoms with Crippen LogP contribution >= 0.6 is 0 Å². The Morgan fingerprint density at radius 3 is 2.47 bits per heavy atom. The first-order chi connectivity index (χ1) is 7.79. The number of nitrogens with zero attached hydrogens (tertiary/aromatic N) is 2. The van der Waals surface area contributed by atoms with Crippen molar-refractivity contribution in [1.82, 2.24) is 15.1 Å². The number of methoxy groups -OCH3 is 1. The highest BCUT2D eigenvalue weighted by Crippen LogP contribution is 2.13. The molecule has 0 spiro atoms. The molecule has 1 N–H and O–H groups in total. The average molecular weight is 239 g/mol. The van der Waals surface area contributed by atoms with Crippen LogP contribution < -0.4 is 5.32 Å². The summed E-state index contributed by atoms with van der Waals surface area (Å²) in [6.45, 7) is 8.20. The van der Waals surface area contributed by atoms with Crippen molar-refractivity contribution in [2.24, 2.45) is 7.05 Å². The molecule has 1 heterocycles. The zero-order valence-electron chi connectivity index (χ0n) is 11.4. The highest BCUT2D eigenvalue weighted by atomic mass is 16.5. The highest BCUT2D eigenvalue weighted by Gasteiger charge is 2.28. The summed E-state index contributed by atoms with van der Waals surface area (Å²) < 4.78 is 6.59. The van der Waals surface area contributed by atoms with E-state index in [9.17, 15) is 4.79 Å². The van der Waals surface area contributed by atoms with Gasteiger partial charge in [0.15, 0.2) is 0 Å². The van der Waals surface area contributed by atoms with Crippen molar-refractivity contribution in [3.05, 3.63) is 17.0 Å². The molecule has 0 aliphatic rings. The zero-order valence-corrected chi connectivity index (χ0v) is 11.4. The summed E-state index contributed by atoms with van der Waals surface area (Å²) in [4.78, 5) is 11.5. The maximum atomic E-state index is 11.5. The third-order valence-corrected chi connectivity index (χ3v) is 3.06. The maximum absolute atomic E-state index is 11.5. The number of carbonyl (C=O) groups excluding carboxylic acids is 1. The van der Waals surface area contributed by atoms with Crippen molar-refractivity contribution in [2.75, 3.05) is 7.11 Å². The van der Waals surface area contributed by atoms with E-state index < -0.39 is 5.54 Å². The van der Waals surface area contributed by atoms with Crippen molar-refractivity contribution < 1.29 is 9.53 Å². The van der Waals surface area contributed by atoms with Crippen molar-refractivity contribution in [2.45, 2.75) is 39.8 Å². The van der Waals surface area contributed by atoms with Gasteiger partial charge < -0.3 is 4.74 Å². The molecule has 0 aromatic carbocycles. The van der Waals surface area contributed by atoms with Gasteiger partial charge in [-0.3, -0.25) is 14.8 Å². The standard InChI is InChI=1S/C12H21N3O2/c1-8-10(9(2)15(5)14-8)7-13-12(3,4)11(16)17-6/h13H,7H2,1-6H3. The van der Waals surface area contributed by atoms with Crippen LogP contribution in [0.1, 0.15) is 30.8 Å². The van der Waals surface area contributed by atoms with Crippen LogP contribution in [0.5, 0.6) is 0 Å². The van der Waals surface area contributed by atoms with E-state index in [4.69, 9.17) is 4.74 Å². The Morgan fingerprint density at radius 2 is 2.06 bits per heavy atom. The molecule has 5 nitrogen and oxygen atoms in total. The lowest BCUT2D eigenvalue weighted by molar-refractivity contribution is -0.147. The molecule has 0 aliphatic carbocycles. The van der Waals surface area contributed by atoms with E-state index in [1.54, 1.807) is 13.8 Å². The van der Waals surface area contributed by atoms with Gasteiger partial charge in [-0.15, -0.1) is 0 Å². The van der Waals surface area contributed by atoms with E-state index in [-0.39, 0.29) is 5.97 Å². The van der Waals surface area contributed by atoms with Crippen molar-refractivity contribution in [3.8, 4) is 0 Å². The summed E-state index contributed by atoms with van der Waals surface area (Å²) in [6, 6.07) is 0. The molecule has 1 aromatic heterocycles. The molecule has 17 heavy (non-hydrogen) atoms. The topological polar surface area (TPSA) is 56.1 Å². The molecule has 0 atom stereocenters. The second-order valence-electron chi connectivity index (χ2n) is 4.74. The summed E-state index contributed by atoms with van der Waals surface area (Å²) in [5.74, 6) is -0.267. The average Bonchev–Trinajstić information content (AvgIpc) is 2.50. The van der Waals surface area contributed by atoms with E-state index in [0.29, 0.717) is 6.54 Å². The van der Waals surface area contributed by atoms with Crippen LogP contribution in [0.2, 0.25) is 0 Å². The predicted molar refractivity (Wildman–Crippen MR) is 65.6 cm³/mol. The number of ether oxygens (including phenoxy) is 1. The van der Waals surface area contributed by atoms with Gasteiger partial charge in [-0.2, -0.15) is 5.10 Å². The van der Waals surface area contributed by atoms with Crippen LogP contribution in [0.4, 0.5) is 0 Å². The number of hydrogen-bond acceptors (Lipinski definition) is 4. The molecule has 1 rings (SSSR count). The smallest absolute Gasteiger partial charge is 0.325 e. The van der Waals surface area contributed by atoms with Crippen LogP contribution in [-0.4, -0.2) is 28.4 Å². The van der Waals surface area contributed by atoms with Crippen molar-refractivity contribution in [3.63, 3.8) is 0 Å². The van der Waals surface area contributed by atoms with E-state index in [1.165, 1.54) is 7.11 Å². The molecular weight excluding hydrogens is 218 g/mol. The molecule has 0 radical (unpaired) electrons. The van der Waals surface area contributed by atoms with Gasteiger partial charge in [0.05, 0.1) is 12.8 Å². The minimum absolute atomic E-state index is 0.267. The Balaban J connectivity index is 2.77. The van der Waals surface area contributed by atoms with Gasteiger partial charge >= 0.3 is 5.97 Å². The van der Waals surface area contributed by atoms with Crippen LogP contribution in [-0.2, 0) is 23.1 Å². The lowest BCUT2D eigenvalue weighted by Gasteiger charge is -2.23. The maximum Gasteiger partial charge on any atom is 0.325 e. The minimum atomic E-state index is -0.691. The fourth-order valence-corrected chi connectivity index (χ4v) is 1.71. The summed E-state index contributed by atoms with van der Waals surface area (Å²) in [5.41, 5.74) is 2.53. The van der Waals surface area contributed by atoms with Gasteiger partial charge in [-0.1, -0.05) is 0 Å².